The number of aryl methyl sites for hydroxylation is 2. The largest absolute Gasteiger partial charge is 0.432 e. The monoisotopic (exact) mass is 591 g/mol. The van der Waals surface area contributed by atoms with Crippen LogP contribution in [-0.4, -0.2) is 70.5 Å². The number of ether oxygens (including phenoxy) is 1. The molecule has 0 radical (unpaired) electrons. The first-order chi connectivity index (χ1) is 20.2. The van der Waals surface area contributed by atoms with E-state index in [1.807, 2.05) is 66.4 Å². The summed E-state index contributed by atoms with van der Waals surface area (Å²) < 4.78 is 8.47. The number of hydrogen-bond donors (Lipinski definition) is 4. The summed E-state index contributed by atoms with van der Waals surface area (Å²) in [6.07, 6.45) is 6.34. The molecule has 226 valence electrons. The van der Waals surface area contributed by atoms with Crippen molar-refractivity contribution in [2.24, 2.45) is 5.92 Å². The van der Waals surface area contributed by atoms with Crippen molar-refractivity contribution in [2.75, 3.05) is 18.5 Å². The summed E-state index contributed by atoms with van der Waals surface area (Å²) in [4.78, 5) is 23.6. The summed E-state index contributed by atoms with van der Waals surface area (Å²) in [6, 6.07) is 17.9. The number of carbonyl (C=O) groups excluding carboxylic acids is 1. The maximum absolute atomic E-state index is 12.4. The topological polar surface area (TPSA) is 122 Å². The maximum atomic E-state index is 12.4. The van der Waals surface area contributed by atoms with Crippen LogP contribution in [0.4, 0.5) is 5.69 Å². The molecule has 42 heavy (non-hydrogen) atoms. The number of anilines is 1. The van der Waals surface area contributed by atoms with Crippen LogP contribution in [0.3, 0.4) is 0 Å². The van der Waals surface area contributed by atoms with Crippen LogP contribution < -0.4 is 10.6 Å². The SMILES string of the molecule is C[C@H]1[C@H]([Si](C)(C)O)[C@@H](CCn2cc(C(CO)c3ccccc3)nn2)O[C@H]1CCc1ccc(NC(=O)[C@H]2CCCN2)cc1. The maximum Gasteiger partial charge on any atom is 0.241 e. The molecule has 1 amide bonds. The zero-order valence-electron chi connectivity index (χ0n) is 24.9. The lowest BCUT2D eigenvalue weighted by atomic mass is 9.95. The number of aliphatic hydroxyl groups excluding tert-OH is 1. The predicted octanol–water partition coefficient (Wildman–Crippen LogP) is 4.09. The fraction of sp³-hybridized carbons (Fsp3) is 0.531. The van der Waals surface area contributed by atoms with Gasteiger partial charge in [0.15, 0.2) is 8.32 Å². The van der Waals surface area contributed by atoms with Crippen LogP contribution in [-0.2, 0) is 22.5 Å². The minimum Gasteiger partial charge on any atom is -0.432 e. The Morgan fingerprint density at radius 3 is 2.57 bits per heavy atom. The molecule has 2 aliphatic rings. The van der Waals surface area contributed by atoms with E-state index in [-0.39, 0.29) is 48.1 Å². The van der Waals surface area contributed by atoms with Crippen LogP contribution in [0.25, 0.3) is 0 Å². The third-order valence-electron chi connectivity index (χ3n) is 8.98. The molecule has 6 atom stereocenters. The highest BCUT2D eigenvalue weighted by Crippen LogP contribution is 2.45. The van der Waals surface area contributed by atoms with Crippen LogP contribution in [0.5, 0.6) is 0 Å². The van der Waals surface area contributed by atoms with Crippen molar-refractivity contribution in [1.29, 1.82) is 0 Å². The Balaban J connectivity index is 1.16. The van der Waals surface area contributed by atoms with Gasteiger partial charge in [-0.2, -0.15) is 0 Å². The van der Waals surface area contributed by atoms with Gasteiger partial charge in [0.05, 0.1) is 36.5 Å². The molecule has 1 unspecified atom stereocenters. The molecule has 0 spiro atoms. The van der Waals surface area contributed by atoms with Crippen molar-refractivity contribution < 1.29 is 19.4 Å². The Labute approximate surface area is 249 Å². The van der Waals surface area contributed by atoms with Crippen LogP contribution in [0, 0.1) is 5.92 Å². The van der Waals surface area contributed by atoms with Gasteiger partial charge < -0.3 is 25.3 Å². The molecule has 2 aliphatic heterocycles. The molecule has 10 heteroatoms. The van der Waals surface area contributed by atoms with Gasteiger partial charge in [-0.05, 0) is 80.9 Å². The van der Waals surface area contributed by atoms with Crippen LogP contribution >= 0.6 is 0 Å². The third kappa shape index (κ3) is 7.35. The van der Waals surface area contributed by atoms with Gasteiger partial charge in [-0.1, -0.05) is 54.6 Å². The molecule has 2 fully saturated rings. The van der Waals surface area contributed by atoms with Gasteiger partial charge >= 0.3 is 0 Å². The number of nitrogens with one attached hydrogen (secondary N) is 2. The van der Waals surface area contributed by atoms with Crippen molar-refractivity contribution >= 4 is 19.9 Å². The molecule has 2 aromatic carbocycles. The number of benzene rings is 2. The molecule has 4 N–H and O–H groups in total. The van der Waals surface area contributed by atoms with Crippen LogP contribution in [0.2, 0.25) is 18.6 Å². The number of hydrogen-bond acceptors (Lipinski definition) is 7. The van der Waals surface area contributed by atoms with Gasteiger partial charge in [-0.25, -0.2) is 0 Å². The van der Waals surface area contributed by atoms with Gasteiger partial charge in [0.2, 0.25) is 5.91 Å². The van der Waals surface area contributed by atoms with E-state index in [2.05, 4.69) is 40.0 Å². The number of rotatable bonds is 12. The lowest BCUT2D eigenvalue weighted by Gasteiger charge is -2.30. The Hall–Kier alpha value is -2.89. The lowest BCUT2D eigenvalue weighted by molar-refractivity contribution is -0.117. The summed E-state index contributed by atoms with van der Waals surface area (Å²) in [7, 11) is -2.48. The van der Waals surface area contributed by atoms with E-state index in [4.69, 9.17) is 4.74 Å². The van der Waals surface area contributed by atoms with Gasteiger partial charge in [-0.3, -0.25) is 9.48 Å². The first kappa shape index (κ1) is 30.6. The Morgan fingerprint density at radius 2 is 1.90 bits per heavy atom. The molecule has 1 aromatic heterocycles. The Morgan fingerprint density at radius 1 is 1.14 bits per heavy atom. The lowest BCUT2D eigenvalue weighted by Crippen LogP contribution is -2.40. The molecule has 2 saturated heterocycles. The Bertz CT molecular complexity index is 1290. The van der Waals surface area contributed by atoms with Gasteiger partial charge in [0.25, 0.3) is 0 Å². The zero-order valence-corrected chi connectivity index (χ0v) is 25.9. The molecule has 5 rings (SSSR count). The van der Waals surface area contributed by atoms with Crippen molar-refractivity contribution in [3.05, 3.63) is 77.6 Å². The average molecular weight is 592 g/mol. The molecule has 0 aliphatic carbocycles. The van der Waals surface area contributed by atoms with Gasteiger partial charge in [-0.15, -0.1) is 5.10 Å². The van der Waals surface area contributed by atoms with Crippen molar-refractivity contribution in [3.8, 4) is 0 Å². The minimum absolute atomic E-state index is 0.0324. The van der Waals surface area contributed by atoms with E-state index in [1.54, 1.807) is 0 Å². The fourth-order valence-corrected chi connectivity index (χ4v) is 9.43. The quantitative estimate of drug-likeness (QED) is 0.234. The molecule has 3 aromatic rings. The van der Waals surface area contributed by atoms with E-state index >= 15 is 0 Å². The number of amides is 1. The van der Waals surface area contributed by atoms with E-state index in [1.165, 1.54) is 5.56 Å². The fourth-order valence-electron chi connectivity index (χ4n) is 6.78. The van der Waals surface area contributed by atoms with E-state index in [0.717, 1.165) is 55.6 Å². The number of aromatic nitrogens is 3. The van der Waals surface area contributed by atoms with Crippen molar-refractivity contribution in [1.82, 2.24) is 20.3 Å². The normalized spacial score (nSPS) is 25.0. The predicted molar refractivity (Wildman–Crippen MR) is 166 cm³/mol. The van der Waals surface area contributed by atoms with E-state index < -0.39 is 8.32 Å². The molecular weight excluding hydrogens is 546 g/mol. The third-order valence-corrected chi connectivity index (χ3v) is 11.5. The number of aliphatic hydroxyl groups is 1. The molecule has 9 nitrogen and oxygen atoms in total. The summed E-state index contributed by atoms with van der Waals surface area (Å²) >= 11 is 0. The first-order valence-electron chi connectivity index (χ1n) is 15.3. The second kappa shape index (κ2) is 13.6. The van der Waals surface area contributed by atoms with Gasteiger partial charge in [0.1, 0.15) is 0 Å². The van der Waals surface area contributed by atoms with E-state index in [0.29, 0.717) is 6.54 Å². The summed E-state index contributed by atoms with van der Waals surface area (Å²) in [5.74, 6) is 0.0772. The molecule has 3 heterocycles. The molecule has 0 bridgehead atoms. The highest BCUT2D eigenvalue weighted by atomic mass is 28.4. The molecular formula is C32H45N5O4Si. The second-order valence-electron chi connectivity index (χ2n) is 12.5. The highest BCUT2D eigenvalue weighted by Gasteiger charge is 2.49. The summed E-state index contributed by atoms with van der Waals surface area (Å²) in [6.45, 7) is 7.75. The smallest absolute Gasteiger partial charge is 0.241 e. The minimum atomic E-state index is -2.48. The van der Waals surface area contributed by atoms with Gasteiger partial charge in [0, 0.05) is 24.0 Å². The summed E-state index contributed by atoms with van der Waals surface area (Å²) in [5.41, 5.74) is 3.91. The number of carbonyl (C=O) groups is 1. The summed E-state index contributed by atoms with van der Waals surface area (Å²) in [5, 5.41) is 25.0. The van der Waals surface area contributed by atoms with E-state index in [9.17, 15) is 14.7 Å². The molecule has 0 saturated carbocycles. The first-order valence-corrected chi connectivity index (χ1v) is 18.3. The van der Waals surface area contributed by atoms with Crippen LogP contribution in [0.15, 0.2) is 60.8 Å². The number of nitrogens with zero attached hydrogens (tertiary/aromatic N) is 3. The standard InChI is InChI=1S/C32H45N5O4Si/c1-22-29(16-13-23-11-14-25(15-12-23)34-32(39)27-10-7-18-33-27)41-30(31(22)42(2,3)40)17-19-37-20-28(35-36-37)26(21-38)24-8-5-4-6-9-24/h4-6,8-9,11-12,14-15,20,22,26-27,29-31,33,38,40H,7,10,13,16-19,21H2,1-3H3,(H,34,39)/t22-,26?,27-,29+,30-,31+/m1/s1. The van der Waals surface area contributed by atoms with Crippen molar-refractivity contribution in [2.45, 2.75) is 88.4 Å². The van der Waals surface area contributed by atoms with Crippen LogP contribution in [0.1, 0.15) is 55.3 Å². The zero-order chi connectivity index (χ0) is 29.7. The van der Waals surface area contributed by atoms with Crippen molar-refractivity contribution in [3.63, 3.8) is 0 Å². The Kier molecular flexibility index (Phi) is 9.90. The highest BCUT2D eigenvalue weighted by molar-refractivity contribution is 6.71. The average Bonchev–Trinajstić information content (AvgIpc) is 3.73. The second-order valence-corrected chi connectivity index (χ2v) is 16.4.